The smallest absolute Gasteiger partial charge is 0.308 e. The van der Waals surface area contributed by atoms with Gasteiger partial charge in [-0.1, -0.05) is 48.7 Å². The van der Waals surface area contributed by atoms with Gasteiger partial charge in [-0.05, 0) is 36.2 Å². The molecule has 0 spiro atoms. The predicted octanol–water partition coefficient (Wildman–Crippen LogP) is 5.15. The minimum Gasteiger partial charge on any atom is -0.507 e. The summed E-state index contributed by atoms with van der Waals surface area (Å²) in [5, 5.41) is 11.4. The van der Waals surface area contributed by atoms with E-state index in [9.17, 15) is 19.5 Å². The van der Waals surface area contributed by atoms with Gasteiger partial charge in [-0.2, -0.15) is 0 Å². The van der Waals surface area contributed by atoms with Crippen LogP contribution in [0.15, 0.2) is 42.0 Å². The van der Waals surface area contributed by atoms with Crippen LogP contribution in [0.1, 0.15) is 43.9 Å². The highest BCUT2D eigenvalue weighted by Gasteiger charge is 2.46. The quantitative estimate of drug-likeness (QED) is 0.189. The average molecular weight is 492 g/mol. The Bertz CT molecular complexity index is 1120. The second-order valence-corrected chi connectivity index (χ2v) is 8.30. The van der Waals surface area contributed by atoms with Crippen molar-refractivity contribution in [1.29, 1.82) is 0 Å². The fraction of sp³-hybridized carbons (Fsp3) is 0.292. The summed E-state index contributed by atoms with van der Waals surface area (Å²) >= 11 is 12.4. The molecule has 1 saturated heterocycles. The molecule has 9 heteroatoms. The first-order valence-corrected chi connectivity index (χ1v) is 11.0. The summed E-state index contributed by atoms with van der Waals surface area (Å²) in [6.45, 7) is 3.55. The minimum atomic E-state index is -0.883. The van der Waals surface area contributed by atoms with Gasteiger partial charge in [0.2, 0.25) is 0 Å². The number of methoxy groups -OCH3 is 1. The molecule has 1 aliphatic heterocycles. The monoisotopic (exact) mass is 491 g/mol. The molecule has 3 rings (SSSR count). The van der Waals surface area contributed by atoms with Gasteiger partial charge < -0.3 is 19.5 Å². The van der Waals surface area contributed by atoms with Crippen molar-refractivity contribution >= 4 is 46.6 Å². The summed E-state index contributed by atoms with van der Waals surface area (Å²) in [5.41, 5.74) is 0.574. The van der Waals surface area contributed by atoms with Crippen molar-refractivity contribution < 1.29 is 29.0 Å². The number of aliphatic hydroxyl groups excluding tert-OH is 1. The van der Waals surface area contributed by atoms with Crippen LogP contribution in [0.2, 0.25) is 10.0 Å². The molecule has 0 aliphatic carbocycles. The van der Waals surface area contributed by atoms with Crippen LogP contribution < -0.4 is 9.47 Å². The Morgan fingerprint density at radius 2 is 1.82 bits per heavy atom. The topological polar surface area (TPSA) is 93.1 Å². The van der Waals surface area contributed by atoms with Gasteiger partial charge in [0.15, 0.2) is 5.75 Å². The number of Topliss-reactive ketones (excluding diaryl/α,β-unsaturated/α-hetero) is 1. The van der Waals surface area contributed by atoms with Crippen LogP contribution >= 0.6 is 23.2 Å². The third kappa shape index (κ3) is 4.99. The molecule has 1 unspecified atom stereocenters. The summed E-state index contributed by atoms with van der Waals surface area (Å²) in [5.74, 6) is -1.98. The number of rotatable bonds is 7. The molecule has 0 radical (unpaired) electrons. The van der Waals surface area contributed by atoms with E-state index in [1.165, 1.54) is 31.1 Å². The number of ketones is 1. The first kappa shape index (κ1) is 24.6. The number of aliphatic hydroxyl groups is 1. The molecule has 7 nitrogen and oxygen atoms in total. The lowest BCUT2D eigenvalue weighted by atomic mass is 9.95. The number of benzene rings is 2. The SMILES string of the molecule is CCCCN1C(=O)C(=O)/C(=C(/O)c2cc(Cl)c(OC)c(Cl)c2)C1c1cccc(OC(C)=O)c1. The van der Waals surface area contributed by atoms with Crippen molar-refractivity contribution in [3.05, 3.63) is 63.1 Å². The first-order chi connectivity index (χ1) is 15.7. The molecule has 0 aromatic heterocycles. The summed E-state index contributed by atoms with van der Waals surface area (Å²) < 4.78 is 10.3. The van der Waals surface area contributed by atoms with Gasteiger partial charge >= 0.3 is 5.97 Å². The third-order valence-corrected chi connectivity index (χ3v) is 5.77. The Labute approximate surface area is 201 Å². The predicted molar refractivity (Wildman–Crippen MR) is 125 cm³/mol. The molecule has 2 aromatic carbocycles. The number of carbonyl (C=O) groups excluding carboxylic acids is 3. The Kier molecular flexibility index (Phi) is 7.66. The molecular formula is C24H23Cl2NO6. The van der Waals surface area contributed by atoms with Crippen molar-refractivity contribution in [3.8, 4) is 11.5 Å². The van der Waals surface area contributed by atoms with Crippen LogP contribution in [0, 0.1) is 0 Å². The van der Waals surface area contributed by atoms with E-state index in [2.05, 4.69) is 0 Å². The number of esters is 1. The van der Waals surface area contributed by atoms with Gasteiger partial charge in [0.25, 0.3) is 11.7 Å². The van der Waals surface area contributed by atoms with Crippen molar-refractivity contribution in [2.24, 2.45) is 0 Å². The molecule has 2 aromatic rings. The number of ether oxygens (including phenoxy) is 2. The maximum atomic E-state index is 13.0. The zero-order valence-electron chi connectivity index (χ0n) is 18.4. The molecular weight excluding hydrogens is 469 g/mol. The van der Waals surface area contributed by atoms with Gasteiger partial charge in [-0.15, -0.1) is 0 Å². The zero-order chi connectivity index (χ0) is 24.3. The average Bonchev–Trinajstić information content (AvgIpc) is 3.01. The molecule has 1 aliphatic rings. The maximum Gasteiger partial charge on any atom is 0.308 e. The third-order valence-electron chi connectivity index (χ3n) is 5.20. The number of nitrogens with zero attached hydrogens (tertiary/aromatic N) is 1. The number of amides is 1. The van der Waals surface area contributed by atoms with Gasteiger partial charge in [0, 0.05) is 19.0 Å². The summed E-state index contributed by atoms with van der Waals surface area (Å²) in [6, 6.07) is 8.44. The van der Waals surface area contributed by atoms with E-state index < -0.39 is 29.5 Å². The van der Waals surface area contributed by atoms with Crippen LogP contribution in [-0.4, -0.2) is 41.3 Å². The minimum absolute atomic E-state index is 0.103. The van der Waals surface area contributed by atoms with Crippen LogP contribution in [0.25, 0.3) is 5.76 Å². The standard InChI is InChI=1S/C24H23Cl2NO6/c1-4-5-9-27-20(14-7-6-8-16(10-14)33-13(2)28)19(22(30)24(27)31)21(29)15-11-17(25)23(32-3)18(26)12-15/h6-8,10-12,20,29H,4-5,9H2,1-3H3/b21-19+. The molecule has 174 valence electrons. The van der Waals surface area contributed by atoms with Gasteiger partial charge in [-0.25, -0.2) is 0 Å². The highest BCUT2D eigenvalue weighted by Crippen LogP contribution is 2.42. The second-order valence-electron chi connectivity index (χ2n) is 7.49. The zero-order valence-corrected chi connectivity index (χ0v) is 19.9. The highest BCUT2D eigenvalue weighted by molar-refractivity contribution is 6.46. The molecule has 1 atom stereocenters. The lowest BCUT2D eigenvalue weighted by Gasteiger charge is -2.25. The van der Waals surface area contributed by atoms with E-state index in [0.29, 0.717) is 18.5 Å². The fourth-order valence-electron chi connectivity index (χ4n) is 3.75. The summed E-state index contributed by atoms with van der Waals surface area (Å²) in [6.07, 6.45) is 1.46. The van der Waals surface area contributed by atoms with E-state index in [1.807, 2.05) is 6.92 Å². The largest absolute Gasteiger partial charge is 0.507 e. The van der Waals surface area contributed by atoms with Crippen LogP contribution in [0.3, 0.4) is 0 Å². The lowest BCUT2D eigenvalue weighted by molar-refractivity contribution is -0.139. The van der Waals surface area contributed by atoms with Gasteiger partial charge in [0.05, 0.1) is 28.8 Å². The number of hydrogen-bond donors (Lipinski definition) is 1. The van der Waals surface area contributed by atoms with Crippen molar-refractivity contribution in [2.75, 3.05) is 13.7 Å². The summed E-state index contributed by atoms with van der Waals surface area (Å²) in [4.78, 5) is 38.8. The van der Waals surface area contributed by atoms with Gasteiger partial charge in [-0.3, -0.25) is 14.4 Å². The molecule has 1 heterocycles. The number of unbranched alkanes of at least 4 members (excludes halogenated alkanes) is 1. The number of likely N-dealkylation sites (tertiary alicyclic amines) is 1. The fourth-order valence-corrected chi connectivity index (χ4v) is 4.39. The first-order valence-electron chi connectivity index (χ1n) is 10.3. The van der Waals surface area contributed by atoms with Crippen LogP contribution in [0.5, 0.6) is 11.5 Å². The number of carbonyl (C=O) groups is 3. The number of hydrogen-bond acceptors (Lipinski definition) is 6. The lowest BCUT2D eigenvalue weighted by Crippen LogP contribution is -2.30. The number of halogens is 2. The van der Waals surface area contributed by atoms with E-state index in [1.54, 1.807) is 24.3 Å². The molecule has 1 fully saturated rings. The van der Waals surface area contributed by atoms with Crippen molar-refractivity contribution in [1.82, 2.24) is 4.90 Å². The molecule has 33 heavy (non-hydrogen) atoms. The highest BCUT2D eigenvalue weighted by atomic mass is 35.5. The van der Waals surface area contributed by atoms with E-state index >= 15 is 0 Å². The summed E-state index contributed by atoms with van der Waals surface area (Å²) in [7, 11) is 1.40. The Hall–Kier alpha value is -3.03. The Balaban J connectivity index is 2.20. The van der Waals surface area contributed by atoms with Crippen LogP contribution in [-0.2, 0) is 14.4 Å². The van der Waals surface area contributed by atoms with E-state index in [-0.39, 0.29) is 32.7 Å². The molecule has 0 saturated carbocycles. The van der Waals surface area contributed by atoms with E-state index in [4.69, 9.17) is 32.7 Å². The normalized spacial score (nSPS) is 17.4. The molecule has 1 N–H and O–H groups in total. The second kappa shape index (κ2) is 10.3. The maximum absolute atomic E-state index is 13.0. The van der Waals surface area contributed by atoms with Crippen molar-refractivity contribution in [3.63, 3.8) is 0 Å². The van der Waals surface area contributed by atoms with E-state index in [0.717, 1.165) is 6.42 Å². The molecule has 0 bridgehead atoms. The Morgan fingerprint density at radius 1 is 1.15 bits per heavy atom. The van der Waals surface area contributed by atoms with Gasteiger partial charge in [0.1, 0.15) is 11.5 Å². The molecule has 1 amide bonds. The van der Waals surface area contributed by atoms with Crippen molar-refractivity contribution in [2.45, 2.75) is 32.7 Å². The van der Waals surface area contributed by atoms with Crippen LogP contribution in [0.4, 0.5) is 0 Å². The Morgan fingerprint density at radius 3 is 2.39 bits per heavy atom.